The molecule has 0 aliphatic carbocycles. The van der Waals surface area contributed by atoms with Crippen LogP contribution in [0.2, 0.25) is 26.2 Å². The summed E-state index contributed by atoms with van der Waals surface area (Å²) in [6.07, 6.45) is 0. The smallest absolute Gasteiger partial charge is 0.324 e. The summed E-state index contributed by atoms with van der Waals surface area (Å²) in [7, 11) is -4.20. The van der Waals surface area contributed by atoms with E-state index in [9.17, 15) is 4.11 Å². The lowest BCUT2D eigenvalue weighted by Gasteiger charge is -2.25. The van der Waals surface area contributed by atoms with E-state index >= 15 is 0 Å². The Morgan fingerprint density at radius 3 is 1.80 bits per heavy atom. The molecule has 0 aromatic heterocycles. The van der Waals surface area contributed by atoms with Crippen LogP contribution in [0.15, 0.2) is 0 Å². The first-order chi connectivity index (χ1) is 4.27. The van der Waals surface area contributed by atoms with E-state index in [1.54, 1.807) is 6.55 Å². The molecule has 5 heteroatoms. The number of hydrogen-bond acceptors (Lipinski definition) is 1. The van der Waals surface area contributed by atoms with Crippen molar-refractivity contribution in [3.63, 3.8) is 0 Å². The van der Waals surface area contributed by atoms with Crippen LogP contribution in [0.25, 0.3) is 0 Å². The highest BCUT2D eigenvalue weighted by Crippen LogP contribution is 2.07. The van der Waals surface area contributed by atoms with Gasteiger partial charge in [0.2, 0.25) is 0 Å². The van der Waals surface area contributed by atoms with Gasteiger partial charge in [-0.05, 0) is 6.55 Å². The molecule has 0 spiro atoms. The van der Waals surface area contributed by atoms with Crippen LogP contribution in [0.4, 0.5) is 4.11 Å². The molecule has 1 unspecified atom stereocenters. The highest BCUT2D eigenvalue weighted by molar-refractivity contribution is 6.90. The largest absolute Gasteiger partial charge is 0.334 e. The van der Waals surface area contributed by atoms with Crippen LogP contribution >= 0.6 is 11.6 Å². The van der Waals surface area contributed by atoms with Crippen molar-refractivity contribution in [2.24, 2.45) is 0 Å². The Morgan fingerprint density at radius 2 is 1.70 bits per heavy atom. The van der Waals surface area contributed by atoms with Crippen LogP contribution in [-0.2, 0) is 0 Å². The summed E-state index contributed by atoms with van der Waals surface area (Å²) >= 11 is 5.45. The molecule has 0 radical (unpaired) electrons. The molecule has 0 aromatic carbocycles. The van der Waals surface area contributed by atoms with Gasteiger partial charge >= 0.3 is 8.57 Å². The van der Waals surface area contributed by atoms with E-state index in [1.165, 1.54) is 0 Å². The molecule has 0 saturated heterocycles. The van der Waals surface area contributed by atoms with Gasteiger partial charge in [0.15, 0.2) is 0 Å². The van der Waals surface area contributed by atoms with E-state index < -0.39 is 16.8 Å². The number of nitrogens with one attached hydrogen (secondary N) is 1. The second-order valence-electron chi connectivity index (χ2n) is 3.71. The van der Waals surface area contributed by atoms with Crippen LogP contribution in [0.1, 0.15) is 0 Å². The number of halogens is 2. The monoisotopic (exact) mass is 199 g/mol. The van der Waals surface area contributed by atoms with Gasteiger partial charge < -0.3 is 4.65 Å². The van der Waals surface area contributed by atoms with Gasteiger partial charge in [0, 0.05) is 0 Å². The summed E-state index contributed by atoms with van der Waals surface area (Å²) in [5.41, 5.74) is 0.150. The van der Waals surface area contributed by atoms with Gasteiger partial charge in [0.05, 0.1) is 5.50 Å². The summed E-state index contributed by atoms with van der Waals surface area (Å²) in [5.74, 6) is 0. The van der Waals surface area contributed by atoms with E-state index in [0.717, 1.165) is 0 Å². The Bertz CT molecular complexity index is 113. The molecule has 0 heterocycles. The van der Waals surface area contributed by atoms with Crippen molar-refractivity contribution in [1.82, 2.24) is 4.65 Å². The van der Waals surface area contributed by atoms with E-state index in [0.29, 0.717) is 0 Å². The summed E-state index contributed by atoms with van der Waals surface area (Å²) < 4.78 is 16.3. The highest BCUT2D eigenvalue weighted by atomic mass is 35.5. The first kappa shape index (κ1) is 10.6. The molecule has 0 aliphatic rings. The van der Waals surface area contributed by atoms with Crippen molar-refractivity contribution in [3.8, 4) is 0 Å². The summed E-state index contributed by atoms with van der Waals surface area (Å²) in [6, 6.07) is 0. The fraction of sp³-hybridized carbons (Fsp3) is 1.00. The Labute approximate surface area is 69.3 Å². The average molecular weight is 200 g/mol. The third-order valence-electron chi connectivity index (χ3n) is 0.887. The van der Waals surface area contributed by atoms with Gasteiger partial charge in [-0.1, -0.05) is 19.6 Å². The fourth-order valence-electron chi connectivity index (χ4n) is 0.815. The number of alkyl halides is 1. The molecule has 0 rings (SSSR count). The number of rotatable bonds is 3. The normalized spacial score (nSPS) is 18.6. The van der Waals surface area contributed by atoms with E-state index in [-0.39, 0.29) is 5.50 Å². The van der Waals surface area contributed by atoms with Crippen molar-refractivity contribution in [3.05, 3.63) is 0 Å². The minimum atomic E-state index is -2.74. The first-order valence-electron chi connectivity index (χ1n) is 3.31. The molecule has 10 heavy (non-hydrogen) atoms. The van der Waals surface area contributed by atoms with Gasteiger partial charge in [-0.15, -0.1) is 11.6 Å². The molecule has 0 aromatic rings. The maximum absolute atomic E-state index is 13.2. The Balaban J connectivity index is 3.89. The summed E-state index contributed by atoms with van der Waals surface area (Å²) in [6.45, 7) is 7.83. The molecule has 0 amide bonds. The van der Waals surface area contributed by atoms with Gasteiger partial charge in [0.1, 0.15) is 8.24 Å². The minimum Gasteiger partial charge on any atom is -0.334 e. The van der Waals surface area contributed by atoms with E-state index in [2.05, 4.69) is 24.3 Å². The predicted molar refractivity (Wildman–Crippen MR) is 49.9 cm³/mol. The molecule has 0 aliphatic heterocycles. The average Bonchev–Trinajstić information content (AvgIpc) is 1.60. The van der Waals surface area contributed by atoms with Crippen molar-refractivity contribution >= 4 is 28.4 Å². The molecule has 1 atom stereocenters. The van der Waals surface area contributed by atoms with Gasteiger partial charge in [0.25, 0.3) is 0 Å². The molecular weight excluding hydrogens is 185 g/mol. The Kier molecular flexibility index (Phi) is 3.55. The zero-order valence-electron chi connectivity index (χ0n) is 6.96. The SMILES string of the molecule is C[Si](C)(C)N[Si](C)(F)CCl. The molecule has 0 saturated carbocycles. The number of hydrogen-bond donors (Lipinski definition) is 1. The maximum Gasteiger partial charge on any atom is 0.324 e. The van der Waals surface area contributed by atoms with Gasteiger partial charge in [-0.3, -0.25) is 4.11 Å². The highest BCUT2D eigenvalue weighted by Gasteiger charge is 2.32. The lowest BCUT2D eigenvalue weighted by Crippen LogP contribution is -2.58. The minimum absolute atomic E-state index is 0.150. The van der Waals surface area contributed by atoms with E-state index in [4.69, 9.17) is 11.6 Å². The second kappa shape index (κ2) is 3.34. The van der Waals surface area contributed by atoms with Crippen molar-refractivity contribution in [2.75, 3.05) is 5.50 Å². The van der Waals surface area contributed by atoms with Gasteiger partial charge in [-0.25, -0.2) is 0 Å². The maximum atomic E-state index is 13.2. The Hall–Kier alpha value is 0.614. The third-order valence-corrected chi connectivity index (χ3v) is 7.98. The quantitative estimate of drug-likeness (QED) is 0.418. The predicted octanol–water partition coefficient (Wildman–Crippen LogP) is 2.23. The van der Waals surface area contributed by atoms with Crippen LogP contribution in [0.5, 0.6) is 0 Å². The summed E-state index contributed by atoms with van der Waals surface area (Å²) in [5, 5.41) is 0. The standard InChI is InChI=1S/C5H15ClFNSi2/c1-9(2,3)8-10(4,7)5-6/h8H,5H2,1-4H3. The zero-order valence-corrected chi connectivity index (χ0v) is 9.72. The molecule has 1 N–H and O–H groups in total. The molecule has 0 bridgehead atoms. The Morgan fingerprint density at radius 1 is 1.30 bits per heavy atom. The van der Waals surface area contributed by atoms with Crippen LogP contribution in [0, 0.1) is 0 Å². The van der Waals surface area contributed by atoms with Crippen molar-refractivity contribution < 1.29 is 4.11 Å². The van der Waals surface area contributed by atoms with Crippen LogP contribution in [0.3, 0.4) is 0 Å². The lowest BCUT2D eigenvalue weighted by molar-refractivity contribution is 0.775. The lowest BCUT2D eigenvalue weighted by atomic mass is 11.8. The second-order valence-corrected chi connectivity index (χ2v) is 12.7. The molecular formula is C5H15ClFNSi2. The first-order valence-corrected chi connectivity index (χ1v) is 9.93. The topological polar surface area (TPSA) is 12.0 Å². The van der Waals surface area contributed by atoms with Crippen molar-refractivity contribution in [1.29, 1.82) is 0 Å². The van der Waals surface area contributed by atoms with Crippen molar-refractivity contribution in [2.45, 2.75) is 26.2 Å². The zero-order chi connectivity index (χ0) is 8.41. The third kappa shape index (κ3) is 5.40. The molecule has 1 nitrogen and oxygen atoms in total. The summed E-state index contributed by atoms with van der Waals surface area (Å²) in [4.78, 5) is 0. The van der Waals surface area contributed by atoms with E-state index in [1.807, 2.05) is 0 Å². The molecule has 0 fully saturated rings. The fourth-order valence-corrected chi connectivity index (χ4v) is 7.94. The van der Waals surface area contributed by atoms with Gasteiger partial charge in [-0.2, -0.15) is 0 Å². The van der Waals surface area contributed by atoms with Crippen LogP contribution < -0.4 is 4.65 Å². The van der Waals surface area contributed by atoms with Crippen LogP contribution in [-0.4, -0.2) is 22.3 Å². The molecule has 62 valence electrons.